The molecule has 1 aromatic rings. The fourth-order valence-electron chi connectivity index (χ4n) is 2.16. The van der Waals surface area contributed by atoms with Gasteiger partial charge in [-0.2, -0.15) is 0 Å². The number of hydrogen-bond acceptors (Lipinski definition) is 4. The lowest BCUT2D eigenvalue weighted by atomic mass is 9.96. The molecule has 0 aromatic heterocycles. The number of carbonyl (C=O) groups excluding carboxylic acids is 1. The van der Waals surface area contributed by atoms with Crippen molar-refractivity contribution in [2.24, 2.45) is 5.73 Å². The number of aliphatic hydroxyl groups is 1. The molecule has 0 saturated carbocycles. The zero-order valence-corrected chi connectivity index (χ0v) is 11.0. The van der Waals surface area contributed by atoms with Crippen LogP contribution in [-0.4, -0.2) is 35.9 Å². The van der Waals surface area contributed by atoms with E-state index in [4.69, 9.17) is 10.5 Å². The molecular formula is C14H20N2O3. The van der Waals surface area contributed by atoms with Gasteiger partial charge in [-0.15, -0.1) is 0 Å². The van der Waals surface area contributed by atoms with E-state index >= 15 is 0 Å². The smallest absolute Gasteiger partial charge is 0.241 e. The molecule has 1 aromatic carbocycles. The average molecular weight is 264 g/mol. The molecule has 2 unspecified atom stereocenters. The fraction of sp³-hybridized carbons (Fsp3) is 0.500. The summed E-state index contributed by atoms with van der Waals surface area (Å²) in [6, 6.07) is 8.43. The van der Waals surface area contributed by atoms with Crippen LogP contribution in [0.2, 0.25) is 0 Å². The minimum absolute atomic E-state index is 0.160. The van der Waals surface area contributed by atoms with Crippen LogP contribution in [0.3, 0.4) is 0 Å². The monoisotopic (exact) mass is 264 g/mol. The number of amides is 1. The summed E-state index contributed by atoms with van der Waals surface area (Å²) in [4.78, 5) is 12.0. The Morgan fingerprint density at radius 1 is 1.58 bits per heavy atom. The third-order valence-corrected chi connectivity index (χ3v) is 3.67. The van der Waals surface area contributed by atoms with Gasteiger partial charge in [-0.1, -0.05) is 30.3 Å². The number of nitrogens with one attached hydrogen (secondary N) is 1. The minimum Gasteiger partial charge on any atom is -0.385 e. The van der Waals surface area contributed by atoms with Gasteiger partial charge >= 0.3 is 0 Å². The molecule has 0 bridgehead atoms. The Morgan fingerprint density at radius 2 is 2.26 bits per heavy atom. The molecule has 1 saturated heterocycles. The topological polar surface area (TPSA) is 84.6 Å². The van der Waals surface area contributed by atoms with Crippen LogP contribution in [0.4, 0.5) is 0 Å². The molecule has 5 heteroatoms. The Morgan fingerprint density at radius 3 is 2.84 bits per heavy atom. The van der Waals surface area contributed by atoms with E-state index in [0.29, 0.717) is 13.0 Å². The normalized spacial score (nSPS) is 28.1. The van der Waals surface area contributed by atoms with Crippen LogP contribution in [0.5, 0.6) is 0 Å². The highest BCUT2D eigenvalue weighted by Crippen LogP contribution is 2.24. The lowest BCUT2D eigenvalue weighted by Gasteiger charge is -2.26. The van der Waals surface area contributed by atoms with Crippen LogP contribution in [0.15, 0.2) is 30.3 Å². The minimum atomic E-state index is -0.994. The maximum atomic E-state index is 12.0. The quantitative estimate of drug-likeness (QED) is 0.732. The standard InChI is InChI=1S/C14H20N2O3/c1-10-14(18,7-8-19-10)9-16-13(17)12(15)11-5-3-2-4-6-11/h2-6,10,12,18H,7-9,15H2,1H3,(H,16,17)/t10?,12-,14?/m0/s1. The number of ether oxygens (including phenoxy) is 1. The first-order valence-corrected chi connectivity index (χ1v) is 6.45. The summed E-state index contributed by atoms with van der Waals surface area (Å²) in [6.45, 7) is 2.47. The van der Waals surface area contributed by atoms with Crippen molar-refractivity contribution in [1.82, 2.24) is 5.32 Å². The molecule has 0 radical (unpaired) electrons. The van der Waals surface area contributed by atoms with Crippen LogP contribution in [0.25, 0.3) is 0 Å². The molecule has 104 valence electrons. The maximum absolute atomic E-state index is 12.0. The van der Waals surface area contributed by atoms with E-state index in [0.717, 1.165) is 5.56 Å². The van der Waals surface area contributed by atoms with Crippen LogP contribution >= 0.6 is 0 Å². The van der Waals surface area contributed by atoms with Crippen LogP contribution in [0.1, 0.15) is 24.9 Å². The lowest BCUT2D eigenvalue weighted by molar-refractivity contribution is -0.124. The molecule has 1 amide bonds. The SMILES string of the molecule is CC1OCCC1(O)CNC(=O)[C@@H](N)c1ccccc1. The number of rotatable bonds is 4. The van der Waals surface area contributed by atoms with Crippen molar-refractivity contribution < 1.29 is 14.6 Å². The zero-order chi connectivity index (χ0) is 13.9. The number of hydrogen-bond donors (Lipinski definition) is 3. The van der Waals surface area contributed by atoms with Gasteiger partial charge < -0.3 is 20.9 Å². The van der Waals surface area contributed by atoms with Crippen LogP contribution in [0, 0.1) is 0 Å². The van der Waals surface area contributed by atoms with E-state index in [1.165, 1.54) is 0 Å². The molecule has 2 rings (SSSR count). The Balaban J connectivity index is 1.91. The highest BCUT2D eigenvalue weighted by atomic mass is 16.5. The summed E-state index contributed by atoms with van der Waals surface area (Å²) in [6.07, 6.45) is 0.246. The molecule has 3 atom stereocenters. The Kier molecular flexibility index (Phi) is 4.19. The molecule has 1 aliphatic rings. The summed E-state index contributed by atoms with van der Waals surface area (Å²) < 4.78 is 5.31. The van der Waals surface area contributed by atoms with Crippen molar-refractivity contribution in [2.75, 3.05) is 13.2 Å². The third kappa shape index (κ3) is 3.12. The summed E-state index contributed by atoms with van der Waals surface area (Å²) in [7, 11) is 0. The summed E-state index contributed by atoms with van der Waals surface area (Å²) >= 11 is 0. The van der Waals surface area contributed by atoms with E-state index in [1.54, 1.807) is 19.1 Å². The Hall–Kier alpha value is -1.43. The molecule has 4 N–H and O–H groups in total. The van der Waals surface area contributed by atoms with E-state index < -0.39 is 11.6 Å². The van der Waals surface area contributed by atoms with Crippen molar-refractivity contribution >= 4 is 5.91 Å². The number of nitrogens with two attached hydrogens (primary N) is 1. The van der Waals surface area contributed by atoms with E-state index in [9.17, 15) is 9.90 Å². The first-order chi connectivity index (χ1) is 9.03. The summed E-state index contributed by atoms with van der Waals surface area (Å²) in [5.74, 6) is -0.293. The van der Waals surface area contributed by atoms with Gasteiger partial charge in [-0.05, 0) is 12.5 Å². The van der Waals surface area contributed by atoms with Crippen molar-refractivity contribution in [3.8, 4) is 0 Å². The first-order valence-electron chi connectivity index (χ1n) is 6.45. The van der Waals surface area contributed by atoms with Gasteiger partial charge in [0.15, 0.2) is 0 Å². The van der Waals surface area contributed by atoms with Gasteiger partial charge in [0.2, 0.25) is 5.91 Å². The van der Waals surface area contributed by atoms with Gasteiger partial charge in [0, 0.05) is 19.6 Å². The zero-order valence-electron chi connectivity index (χ0n) is 11.0. The van der Waals surface area contributed by atoms with Gasteiger partial charge in [-0.25, -0.2) is 0 Å². The predicted octanol–water partition coefficient (Wildman–Crippen LogP) is 0.343. The molecule has 1 fully saturated rings. The molecule has 0 spiro atoms. The van der Waals surface area contributed by atoms with E-state index in [2.05, 4.69) is 5.32 Å². The van der Waals surface area contributed by atoms with Gasteiger partial charge in [0.05, 0.1) is 6.10 Å². The van der Waals surface area contributed by atoms with Crippen molar-refractivity contribution in [3.05, 3.63) is 35.9 Å². The van der Waals surface area contributed by atoms with Crippen molar-refractivity contribution in [3.63, 3.8) is 0 Å². The van der Waals surface area contributed by atoms with E-state index in [-0.39, 0.29) is 18.6 Å². The summed E-state index contributed by atoms with van der Waals surface area (Å²) in [5, 5.41) is 13.0. The Bertz CT molecular complexity index is 438. The van der Waals surface area contributed by atoms with Gasteiger partial charge in [0.1, 0.15) is 11.6 Å². The largest absolute Gasteiger partial charge is 0.385 e. The highest BCUT2D eigenvalue weighted by molar-refractivity contribution is 5.82. The summed E-state index contributed by atoms with van der Waals surface area (Å²) in [5.41, 5.74) is 5.63. The highest BCUT2D eigenvalue weighted by Gasteiger charge is 2.39. The first kappa shape index (κ1) is 14.0. The van der Waals surface area contributed by atoms with Crippen LogP contribution < -0.4 is 11.1 Å². The third-order valence-electron chi connectivity index (χ3n) is 3.67. The number of benzene rings is 1. The predicted molar refractivity (Wildman–Crippen MR) is 71.4 cm³/mol. The fourth-order valence-corrected chi connectivity index (χ4v) is 2.16. The second-order valence-corrected chi connectivity index (χ2v) is 4.97. The van der Waals surface area contributed by atoms with Crippen molar-refractivity contribution in [2.45, 2.75) is 31.1 Å². The second kappa shape index (κ2) is 5.69. The molecule has 1 aliphatic heterocycles. The van der Waals surface area contributed by atoms with Crippen molar-refractivity contribution in [1.29, 1.82) is 0 Å². The van der Waals surface area contributed by atoms with Crippen LogP contribution in [-0.2, 0) is 9.53 Å². The molecule has 1 heterocycles. The Labute approximate surface area is 112 Å². The second-order valence-electron chi connectivity index (χ2n) is 4.97. The average Bonchev–Trinajstić information content (AvgIpc) is 2.77. The molecule has 19 heavy (non-hydrogen) atoms. The molecular weight excluding hydrogens is 244 g/mol. The lowest BCUT2D eigenvalue weighted by Crippen LogP contribution is -2.49. The number of carbonyl (C=O) groups is 1. The maximum Gasteiger partial charge on any atom is 0.241 e. The molecule has 0 aliphatic carbocycles. The van der Waals surface area contributed by atoms with Gasteiger partial charge in [-0.3, -0.25) is 4.79 Å². The molecule has 5 nitrogen and oxygen atoms in total. The van der Waals surface area contributed by atoms with Gasteiger partial charge in [0.25, 0.3) is 0 Å². The van der Waals surface area contributed by atoms with E-state index in [1.807, 2.05) is 18.2 Å².